The smallest absolute Gasteiger partial charge is 0.0286 e. The highest BCUT2D eigenvalue weighted by atomic mass is 14.1. The predicted molar refractivity (Wildman–Crippen MR) is 59.5 cm³/mol. The molecule has 74 valence electrons. The summed E-state index contributed by atoms with van der Waals surface area (Å²) < 4.78 is 0. The van der Waals surface area contributed by atoms with Crippen LogP contribution >= 0.6 is 0 Å². The van der Waals surface area contributed by atoms with Gasteiger partial charge in [0.05, 0.1) is 0 Å². The average Bonchev–Trinajstić information content (AvgIpc) is 2.88. The minimum atomic E-state index is 1.29. The molecule has 0 aromatic carbocycles. The lowest BCUT2D eigenvalue weighted by atomic mass is 10.4. The van der Waals surface area contributed by atoms with Gasteiger partial charge in [-0.15, -0.1) is 0 Å². The molecule has 1 fully saturated rings. The zero-order chi connectivity index (χ0) is 9.82. The molecule has 0 bridgehead atoms. The minimum Gasteiger partial charge on any atom is -0.0998 e. The third kappa shape index (κ3) is 33.1. The number of allylic oxidation sites excluding steroid dienone is 1. The third-order valence-electron chi connectivity index (χ3n) is 1.60. The summed E-state index contributed by atoms with van der Waals surface area (Å²) in [5.41, 5.74) is 1.42. The Bertz CT molecular complexity index is 68.0. The van der Waals surface area contributed by atoms with Gasteiger partial charge >= 0.3 is 0 Å². The second kappa shape index (κ2) is 13.3. The van der Waals surface area contributed by atoms with Crippen molar-refractivity contribution in [2.75, 3.05) is 0 Å². The number of hydrogen-bond acceptors (Lipinski definition) is 0. The molecule has 1 aliphatic rings. The van der Waals surface area contributed by atoms with Crippen molar-refractivity contribution in [2.45, 2.75) is 66.2 Å². The summed E-state index contributed by atoms with van der Waals surface area (Å²) >= 11 is 0. The highest BCUT2D eigenvalue weighted by Gasteiger charge is 2.04. The van der Waals surface area contributed by atoms with Crippen LogP contribution < -0.4 is 0 Å². The molecule has 1 aliphatic carbocycles. The lowest BCUT2D eigenvalue weighted by Gasteiger charge is -1.68. The van der Waals surface area contributed by atoms with Crippen LogP contribution in [0.2, 0.25) is 0 Å². The van der Waals surface area contributed by atoms with Crippen molar-refractivity contribution in [3.8, 4) is 0 Å². The van der Waals surface area contributed by atoms with E-state index in [1.165, 1.54) is 44.1 Å². The fourth-order valence-corrected chi connectivity index (χ4v) is 0.0884. The Morgan fingerprint density at radius 3 is 1.00 bits per heavy atom. The van der Waals surface area contributed by atoms with E-state index in [0.717, 1.165) is 0 Å². The standard InChI is InChI=1S/C4H6.2C4H10/c1-4-2-3-4;2*1-3-4-2/h1-3H2;2*3-4H2,1-2H3. The van der Waals surface area contributed by atoms with Gasteiger partial charge in [-0.05, 0) is 12.8 Å². The maximum atomic E-state index is 3.67. The molecule has 0 aromatic rings. The van der Waals surface area contributed by atoms with E-state index in [2.05, 4.69) is 34.3 Å². The van der Waals surface area contributed by atoms with Crippen molar-refractivity contribution in [1.29, 1.82) is 0 Å². The fraction of sp³-hybridized carbons (Fsp3) is 0.833. The zero-order valence-corrected chi connectivity index (χ0v) is 9.45. The SMILES string of the molecule is C=C1CC1.CCCC.CCCC. The molecule has 0 aromatic heterocycles. The van der Waals surface area contributed by atoms with Crippen LogP contribution in [-0.2, 0) is 0 Å². The molecule has 12 heavy (non-hydrogen) atoms. The van der Waals surface area contributed by atoms with Crippen LogP contribution in [-0.4, -0.2) is 0 Å². The van der Waals surface area contributed by atoms with Crippen molar-refractivity contribution in [1.82, 2.24) is 0 Å². The first-order valence-corrected chi connectivity index (χ1v) is 5.39. The van der Waals surface area contributed by atoms with Crippen LogP contribution in [0, 0.1) is 0 Å². The van der Waals surface area contributed by atoms with Gasteiger partial charge in [0.15, 0.2) is 0 Å². The molecule has 1 rings (SSSR count). The van der Waals surface area contributed by atoms with Crippen molar-refractivity contribution in [2.24, 2.45) is 0 Å². The van der Waals surface area contributed by atoms with E-state index in [1.54, 1.807) is 0 Å². The normalized spacial score (nSPS) is 12.2. The van der Waals surface area contributed by atoms with E-state index in [-0.39, 0.29) is 0 Å². The Labute approximate surface area is 79.1 Å². The number of rotatable bonds is 2. The molecule has 0 heteroatoms. The van der Waals surface area contributed by atoms with E-state index in [9.17, 15) is 0 Å². The van der Waals surface area contributed by atoms with Crippen LogP contribution in [0.25, 0.3) is 0 Å². The van der Waals surface area contributed by atoms with Gasteiger partial charge in [-0.3, -0.25) is 0 Å². The van der Waals surface area contributed by atoms with Crippen LogP contribution in [0.4, 0.5) is 0 Å². The van der Waals surface area contributed by atoms with Crippen LogP contribution in [0.15, 0.2) is 12.2 Å². The first kappa shape index (κ1) is 14.3. The van der Waals surface area contributed by atoms with Crippen molar-refractivity contribution in [3.05, 3.63) is 12.2 Å². The topological polar surface area (TPSA) is 0 Å². The largest absolute Gasteiger partial charge is 0.0998 e. The predicted octanol–water partition coefficient (Wildman–Crippen LogP) is 4.95. The summed E-state index contributed by atoms with van der Waals surface area (Å²) in [6.07, 6.45) is 7.86. The Morgan fingerprint density at radius 1 is 0.833 bits per heavy atom. The monoisotopic (exact) mass is 170 g/mol. The van der Waals surface area contributed by atoms with Gasteiger partial charge in [-0.25, -0.2) is 0 Å². The second-order valence-electron chi connectivity index (χ2n) is 3.25. The number of unbranched alkanes of at least 4 members (excludes halogenated alkanes) is 2. The van der Waals surface area contributed by atoms with Gasteiger partial charge in [0.25, 0.3) is 0 Å². The maximum Gasteiger partial charge on any atom is -0.0286 e. The molecule has 0 atom stereocenters. The molecule has 0 N–H and O–H groups in total. The molecule has 0 radical (unpaired) electrons. The lowest BCUT2D eigenvalue weighted by molar-refractivity contribution is 0.886. The maximum absolute atomic E-state index is 3.67. The molecule has 0 aliphatic heterocycles. The van der Waals surface area contributed by atoms with Gasteiger partial charge in [-0.1, -0.05) is 65.5 Å². The van der Waals surface area contributed by atoms with Gasteiger partial charge < -0.3 is 0 Å². The molecule has 0 nitrogen and oxygen atoms in total. The van der Waals surface area contributed by atoms with Crippen LogP contribution in [0.1, 0.15) is 66.2 Å². The minimum absolute atomic E-state index is 1.29. The fourth-order valence-electron chi connectivity index (χ4n) is 0.0884. The van der Waals surface area contributed by atoms with E-state index in [4.69, 9.17) is 0 Å². The van der Waals surface area contributed by atoms with E-state index in [0.29, 0.717) is 0 Å². The summed E-state index contributed by atoms with van der Waals surface area (Å²) in [4.78, 5) is 0. The molecular formula is C12H26. The summed E-state index contributed by atoms with van der Waals surface area (Å²) in [7, 11) is 0. The first-order chi connectivity index (χ1) is 5.72. The Morgan fingerprint density at radius 2 is 1.00 bits per heavy atom. The number of hydrogen-bond donors (Lipinski definition) is 0. The van der Waals surface area contributed by atoms with E-state index < -0.39 is 0 Å². The van der Waals surface area contributed by atoms with Gasteiger partial charge in [0.1, 0.15) is 0 Å². The van der Waals surface area contributed by atoms with E-state index in [1.807, 2.05) is 0 Å². The van der Waals surface area contributed by atoms with Gasteiger partial charge in [0, 0.05) is 0 Å². The molecule has 0 amide bonds. The van der Waals surface area contributed by atoms with Crippen molar-refractivity contribution >= 4 is 0 Å². The second-order valence-corrected chi connectivity index (χ2v) is 3.25. The summed E-state index contributed by atoms with van der Waals surface area (Å²) in [6.45, 7) is 12.4. The van der Waals surface area contributed by atoms with Gasteiger partial charge in [0.2, 0.25) is 0 Å². The molecule has 0 spiro atoms. The first-order valence-electron chi connectivity index (χ1n) is 5.39. The molecule has 1 saturated carbocycles. The zero-order valence-electron chi connectivity index (χ0n) is 9.45. The Kier molecular flexibility index (Phi) is 15.9. The molecule has 0 saturated heterocycles. The summed E-state index contributed by atoms with van der Waals surface area (Å²) in [6, 6.07) is 0. The quantitative estimate of drug-likeness (QED) is 0.514. The highest BCUT2D eigenvalue weighted by molar-refractivity contribution is 5.09. The van der Waals surface area contributed by atoms with Crippen LogP contribution in [0.3, 0.4) is 0 Å². The molecule has 0 heterocycles. The van der Waals surface area contributed by atoms with E-state index >= 15 is 0 Å². The summed E-state index contributed by atoms with van der Waals surface area (Å²) in [5.74, 6) is 0. The van der Waals surface area contributed by atoms with Gasteiger partial charge in [-0.2, -0.15) is 0 Å². The molecular weight excluding hydrogens is 144 g/mol. The Balaban J connectivity index is 0. The van der Waals surface area contributed by atoms with Crippen molar-refractivity contribution < 1.29 is 0 Å². The third-order valence-corrected chi connectivity index (χ3v) is 1.60. The van der Waals surface area contributed by atoms with Crippen LogP contribution in [0.5, 0.6) is 0 Å². The highest BCUT2D eigenvalue weighted by Crippen LogP contribution is 2.23. The lowest BCUT2D eigenvalue weighted by Crippen LogP contribution is -1.47. The summed E-state index contributed by atoms with van der Waals surface area (Å²) in [5, 5.41) is 0. The molecule has 0 unspecified atom stereocenters. The average molecular weight is 170 g/mol. The Hall–Kier alpha value is -0.260. The van der Waals surface area contributed by atoms with Crippen molar-refractivity contribution in [3.63, 3.8) is 0 Å².